The predicted octanol–water partition coefficient (Wildman–Crippen LogP) is 2.49. The number of aromatic nitrogens is 3. The summed E-state index contributed by atoms with van der Waals surface area (Å²) >= 11 is 3.34. The van der Waals surface area contributed by atoms with E-state index in [4.69, 9.17) is 10.3 Å². The van der Waals surface area contributed by atoms with Crippen molar-refractivity contribution in [2.24, 2.45) is 5.73 Å². The average Bonchev–Trinajstić information content (AvgIpc) is 2.98. The molecule has 1 fully saturated rings. The largest absolute Gasteiger partial charge is 0.339 e. The number of hydrogen-bond donors (Lipinski definition) is 1. The van der Waals surface area contributed by atoms with Gasteiger partial charge in [-0.15, -0.1) is 0 Å². The molecule has 94 valence electrons. The van der Waals surface area contributed by atoms with Gasteiger partial charge in [0.25, 0.3) is 0 Å². The fourth-order valence-electron chi connectivity index (χ4n) is 2.25. The van der Waals surface area contributed by atoms with Gasteiger partial charge in [0.2, 0.25) is 11.7 Å². The van der Waals surface area contributed by atoms with Crippen molar-refractivity contribution >= 4 is 15.9 Å². The number of nitrogens with zero attached hydrogens (tertiary/aromatic N) is 3. The number of halogens is 1. The van der Waals surface area contributed by atoms with Gasteiger partial charge in [0.1, 0.15) is 5.69 Å². The highest BCUT2D eigenvalue weighted by Gasteiger charge is 2.28. The van der Waals surface area contributed by atoms with Gasteiger partial charge in [0, 0.05) is 22.6 Å². The van der Waals surface area contributed by atoms with Gasteiger partial charge in [0.05, 0.1) is 0 Å². The molecular formula is C12H13BrN4O. The minimum absolute atomic E-state index is 0.260. The topological polar surface area (TPSA) is 77.8 Å². The minimum atomic E-state index is 0.260. The van der Waals surface area contributed by atoms with E-state index >= 15 is 0 Å². The molecule has 0 unspecified atom stereocenters. The van der Waals surface area contributed by atoms with Crippen molar-refractivity contribution in [3.63, 3.8) is 0 Å². The summed E-state index contributed by atoms with van der Waals surface area (Å²) in [5.41, 5.74) is 6.61. The number of hydrogen-bond acceptors (Lipinski definition) is 5. The van der Waals surface area contributed by atoms with Crippen LogP contribution in [0.15, 0.2) is 27.3 Å². The zero-order valence-corrected chi connectivity index (χ0v) is 11.3. The molecule has 1 aliphatic carbocycles. The zero-order valence-electron chi connectivity index (χ0n) is 9.71. The first-order valence-electron chi connectivity index (χ1n) is 5.93. The Morgan fingerprint density at radius 1 is 1.33 bits per heavy atom. The summed E-state index contributed by atoms with van der Waals surface area (Å²) in [4.78, 5) is 8.66. The molecule has 2 atom stereocenters. The van der Waals surface area contributed by atoms with E-state index in [9.17, 15) is 0 Å². The molecule has 0 bridgehead atoms. The molecule has 0 aromatic carbocycles. The molecule has 0 amide bonds. The van der Waals surface area contributed by atoms with Crippen LogP contribution >= 0.6 is 15.9 Å². The summed E-state index contributed by atoms with van der Waals surface area (Å²) in [5, 5.41) is 3.98. The lowest BCUT2D eigenvalue weighted by molar-refractivity contribution is 0.353. The fourth-order valence-corrected chi connectivity index (χ4v) is 2.49. The summed E-state index contributed by atoms with van der Waals surface area (Å²) in [5.74, 6) is 1.53. The molecule has 1 aliphatic rings. The van der Waals surface area contributed by atoms with Gasteiger partial charge in [-0.2, -0.15) is 4.98 Å². The molecule has 0 saturated heterocycles. The highest BCUT2D eigenvalue weighted by molar-refractivity contribution is 9.10. The Hall–Kier alpha value is -1.27. The quantitative estimate of drug-likeness (QED) is 0.922. The van der Waals surface area contributed by atoms with Crippen LogP contribution < -0.4 is 5.73 Å². The smallest absolute Gasteiger partial charge is 0.230 e. The van der Waals surface area contributed by atoms with E-state index < -0.39 is 0 Å². The van der Waals surface area contributed by atoms with Gasteiger partial charge in [0.15, 0.2) is 0 Å². The molecule has 0 spiro atoms. The van der Waals surface area contributed by atoms with E-state index in [1.165, 1.54) is 0 Å². The van der Waals surface area contributed by atoms with E-state index in [2.05, 4.69) is 31.1 Å². The number of pyridine rings is 1. The second-order valence-corrected chi connectivity index (χ2v) is 5.50. The van der Waals surface area contributed by atoms with Crippen molar-refractivity contribution < 1.29 is 4.52 Å². The van der Waals surface area contributed by atoms with Crippen molar-refractivity contribution in [1.82, 2.24) is 15.1 Å². The van der Waals surface area contributed by atoms with Crippen LogP contribution in [0.4, 0.5) is 0 Å². The van der Waals surface area contributed by atoms with Gasteiger partial charge in [-0.05, 0) is 47.3 Å². The molecule has 2 aromatic rings. The van der Waals surface area contributed by atoms with Crippen molar-refractivity contribution in [2.75, 3.05) is 0 Å². The maximum absolute atomic E-state index is 5.89. The van der Waals surface area contributed by atoms with Gasteiger partial charge in [-0.25, -0.2) is 0 Å². The Kier molecular flexibility index (Phi) is 3.13. The van der Waals surface area contributed by atoms with Crippen molar-refractivity contribution in [3.05, 3.63) is 28.7 Å². The molecular weight excluding hydrogens is 296 g/mol. The Morgan fingerprint density at radius 2 is 2.22 bits per heavy atom. The second-order valence-electron chi connectivity index (χ2n) is 4.59. The van der Waals surface area contributed by atoms with E-state index in [1.807, 2.05) is 12.1 Å². The van der Waals surface area contributed by atoms with Gasteiger partial charge in [-0.3, -0.25) is 4.98 Å². The molecule has 2 N–H and O–H groups in total. The van der Waals surface area contributed by atoms with E-state index in [0.717, 1.165) is 29.4 Å². The van der Waals surface area contributed by atoms with Gasteiger partial charge in [-0.1, -0.05) is 5.16 Å². The standard InChI is InChI=1S/C12H13BrN4O/c13-8-2-4-10(15-6-8)11-16-12(18-17-11)7-1-3-9(14)5-7/h2,4,6-7,9H,1,3,5,14H2/t7-,9+/m1/s1. The molecule has 5 nitrogen and oxygen atoms in total. The SMILES string of the molecule is N[C@H]1CC[C@@H](c2nc(-c3ccc(Br)cn3)no2)C1. The molecule has 18 heavy (non-hydrogen) atoms. The molecule has 3 rings (SSSR count). The highest BCUT2D eigenvalue weighted by atomic mass is 79.9. The van der Waals surface area contributed by atoms with Crippen LogP contribution in [0.25, 0.3) is 11.5 Å². The number of nitrogens with two attached hydrogens (primary N) is 1. The lowest BCUT2D eigenvalue weighted by Crippen LogP contribution is -2.14. The van der Waals surface area contributed by atoms with E-state index in [0.29, 0.717) is 17.6 Å². The Balaban J connectivity index is 1.83. The van der Waals surface area contributed by atoms with Gasteiger partial charge < -0.3 is 10.3 Å². The maximum Gasteiger partial charge on any atom is 0.230 e. The molecule has 0 aliphatic heterocycles. The zero-order chi connectivity index (χ0) is 12.5. The van der Waals surface area contributed by atoms with Crippen molar-refractivity contribution in [2.45, 2.75) is 31.2 Å². The summed E-state index contributed by atoms with van der Waals surface area (Å²) in [6.45, 7) is 0. The van der Waals surface area contributed by atoms with Crippen LogP contribution in [0.2, 0.25) is 0 Å². The average molecular weight is 309 g/mol. The third-order valence-electron chi connectivity index (χ3n) is 3.22. The fraction of sp³-hybridized carbons (Fsp3) is 0.417. The monoisotopic (exact) mass is 308 g/mol. The normalized spacial score (nSPS) is 23.4. The first-order valence-corrected chi connectivity index (χ1v) is 6.73. The third-order valence-corrected chi connectivity index (χ3v) is 3.69. The maximum atomic E-state index is 5.89. The first-order chi connectivity index (χ1) is 8.72. The lowest BCUT2D eigenvalue weighted by atomic mass is 10.1. The van der Waals surface area contributed by atoms with Crippen LogP contribution in [0.5, 0.6) is 0 Å². The molecule has 2 aromatic heterocycles. The molecule has 6 heteroatoms. The van der Waals surface area contributed by atoms with Crippen LogP contribution in [0.1, 0.15) is 31.1 Å². The molecule has 1 saturated carbocycles. The second kappa shape index (κ2) is 4.78. The summed E-state index contributed by atoms with van der Waals surface area (Å²) in [7, 11) is 0. The third kappa shape index (κ3) is 2.30. The number of rotatable bonds is 2. The van der Waals surface area contributed by atoms with Crippen molar-refractivity contribution in [3.8, 4) is 11.5 Å². The van der Waals surface area contributed by atoms with Crippen molar-refractivity contribution in [1.29, 1.82) is 0 Å². The summed E-state index contributed by atoms with van der Waals surface area (Å²) < 4.78 is 6.24. The summed E-state index contributed by atoms with van der Waals surface area (Å²) in [6, 6.07) is 4.03. The van der Waals surface area contributed by atoms with Crippen LogP contribution in [0.3, 0.4) is 0 Å². The Bertz CT molecular complexity index is 539. The predicted molar refractivity (Wildman–Crippen MR) is 69.8 cm³/mol. The van der Waals surface area contributed by atoms with E-state index in [-0.39, 0.29) is 6.04 Å². The Labute approximate surface area is 113 Å². The van der Waals surface area contributed by atoms with Gasteiger partial charge >= 0.3 is 0 Å². The lowest BCUT2D eigenvalue weighted by Gasteiger charge is -2.01. The molecule has 2 heterocycles. The highest BCUT2D eigenvalue weighted by Crippen LogP contribution is 2.33. The van der Waals surface area contributed by atoms with Crippen LogP contribution in [-0.2, 0) is 0 Å². The Morgan fingerprint density at radius 3 is 2.89 bits per heavy atom. The summed E-state index contributed by atoms with van der Waals surface area (Å²) in [6.07, 6.45) is 4.70. The van der Waals surface area contributed by atoms with Crippen LogP contribution in [0, 0.1) is 0 Å². The molecule has 0 radical (unpaired) electrons. The van der Waals surface area contributed by atoms with E-state index in [1.54, 1.807) is 6.20 Å². The first kappa shape index (κ1) is 11.8. The minimum Gasteiger partial charge on any atom is -0.339 e. The van der Waals surface area contributed by atoms with Crippen LogP contribution in [-0.4, -0.2) is 21.2 Å².